The van der Waals surface area contributed by atoms with Crippen LogP contribution in [0.4, 0.5) is 0 Å². The van der Waals surface area contributed by atoms with Gasteiger partial charge in [0.1, 0.15) is 0 Å². The van der Waals surface area contributed by atoms with Crippen LogP contribution in [0.1, 0.15) is 32.6 Å². The van der Waals surface area contributed by atoms with Crippen molar-refractivity contribution in [1.29, 1.82) is 0 Å². The Balaban J connectivity index is 2.22. The minimum Gasteiger partial charge on any atom is -0.370 e. The van der Waals surface area contributed by atoms with Gasteiger partial charge < -0.3 is 20.9 Å². The third-order valence-electron chi connectivity index (χ3n) is 3.83. The number of aliphatic imine (C=N–C) groups is 1. The second-order valence-corrected chi connectivity index (χ2v) is 8.10. The summed E-state index contributed by atoms with van der Waals surface area (Å²) in [6.45, 7) is 6.95. The van der Waals surface area contributed by atoms with E-state index in [1.54, 1.807) is 6.66 Å². The fourth-order valence-corrected chi connectivity index (χ4v) is 4.11. The van der Waals surface area contributed by atoms with Crippen molar-refractivity contribution in [3.8, 4) is 0 Å². The van der Waals surface area contributed by atoms with E-state index in [0.717, 1.165) is 19.3 Å². The third-order valence-corrected chi connectivity index (χ3v) is 6.00. The molecule has 0 bridgehead atoms. The quantitative estimate of drug-likeness (QED) is 0.276. The summed E-state index contributed by atoms with van der Waals surface area (Å²) in [7, 11) is -2.70. The van der Waals surface area contributed by atoms with E-state index in [4.69, 9.17) is 16.0 Å². The summed E-state index contributed by atoms with van der Waals surface area (Å²) in [4.78, 5) is 17.9. The van der Waals surface area contributed by atoms with Gasteiger partial charge in [-0.05, 0) is 19.8 Å². The van der Waals surface area contributed by atoms with Crippen molar-refractivity contribution in [2.24, 2.45) is 16.5 Å². The van der Waals surface area contributed by atoms with Crippen LogP contribution in [0.5, 0.6) is 0 Å². The standard InChI is InChI=1S/C14H30N5O3P/c1-3-22-23(2,21)19-11-9-18(10-12-19)13(20)7-5-4-6-8-17-14(15)16/h3-12H2,1-2H3,(H4,15,16,17). The van der Waals surface area contributed by atoms with Crippen LogP contribution < -0.4 is 11.5 Å². The number of guanidine groups is 1. The van der Waals surface area contributed by atoms with Gasteiger partial charge >= 0.3 is 0 Å². The largest absolute Gasteiger partial charge is 0.370 e. The smallest absolute Gasteiger partial charge is 0.269 e. The number of nitrogens with two attached hydrogens (primary N) is 2. The molecule has 0 aromatic heterocycles. The van der Waals surface area contributed by atoms with E-state index in [0.29, 0.717) is 45.8 Å². The Bertz CT molecular complexity index is 446. The molecule has 0 aliphatic carbocycles. The number of carbonyl (C=O) groups excluding carboxylic acids is 1. The molecule has 23 heavy (non-hydrogen) atoms. The fourth-order valence-electron chi connectivity index (χ4n) is 2.56. The molecule has 1 fully saturated rings. The van der Waals surface area contributed by atoms with Crippen molar-refractivity contribution >= 4 is 19.4 Å². The van der Waals surface area contributed by atoms with Crippen LogP contribution in [-0.2, 0) is 13.9 Å². The molecule has 1 rings (SSSR count). The number of rotatable bonds is 9. The highest BCUT2D eigenvalue weighted by molar-refractivity contribution is 7.55. The van der Waals surface area contributed by atoms with Crippen molar-refractivity contribution in [2.75, 3.05) is 46.0 Å². The number of hydrogen-bond acceptors (Lipinski definition) is 4. The summed E-state index contributed by atoms with van der Waals surface area (Å²) in [6.07, 6.45) is 3.19. The van der Waals surface area contributed by atoms with E-state index in [1.165, 1.54) is 0 Å². The lowest BCUT2D eigenvalue weighted by Gasteiger charge is -2.37. The van der Waals surface area contributed by atoms with Crippen LogP contribution in [0, 0.1) is 0 Å². The Morgan fingerprint density at radius 3 is 2.39 bits per heavy atom. The van der Waals surface area contributed by atoms with Gasteiger partial charge in [0.05, 0.1) is 6.61 Å². The van der Waals surface area contributed by atoms with Crippen molar-refractivity contribution in [2.45, 2.75) is 32.6 Å². The molecule has 0 spiro atoms. The van der Waals surface area contributed by atoms with Gasteiger partial charge in [-0.25, -0.2) is 4.67 Å². The fraction of sp³-hybridized carbons (Fsp3) is 0.857. The zero-order valence-electron chi connectivity index (χ0n) is 14.2. The highest BCUT2D eigenvalue weighted by Crippen LogP contribution is 2.46. The molecule has 134 valence electrons. The molecule has 4 N–H and O–H groups in total. The molecule has 9 heteroatoms. The maximum atomic E-state index is 12.3. The molecule has 0 saturated carbocycles. The lowest BCUT2D eigenvalue weighted by atomic mass is 10.1. The van der Waals surface area contributed by atoms with Gasteiger partial charge in [-0.15, -0.1) is 0 Å². The second-order valence-electron chi connectivity index (χ2n) is 5.67. The summed E-state index contributed by atoms with van der Waals surface area (Å²) in [5.41, 5.74) is 10.5. The molecule has 1 aliphatic rings. The van der Waals surface area contributed by atoms with Crippen molar-refractivity contribution in [1.82, 2.24) is 9.57 Å². The van der Waals surface area contributed by atoms with E-state index in [-0.39, 0.29) is 11.9 Å². The molecular formula is C14H30N5O3P. The zero-order chi connectivity index (χ0) is 17.3. The predicted octanol–water partition coefficient (Wildman–Crippen LogP) is 0.824. The van der Waals surface area contributed by atoms with Gasteiger partial charge in [-0.3, -0.25) is 14.4 Å². The van der Waals surface area contributed by atoms with Gasteiger partial charge in [0.2, 0.25) is 5.91 Å². The summed E-state index contributed by atoms with van der Waals surface area (Å²) < 4.78 is 19.5. The van der Waals surface area contributed by atoms with E-state index in [9.17, 15) is 9.36 Å². The molecule has 0 aromatic rings. The normalized spacial score (nSPS) is 18.4. The second kappa shape index (κ2) is 9.90. The van der Waals surface area contributed by atoms with E-state index >= 15 is 0 Å². The lowest BCUT2D eigenvalue weighted by Crippen LogP contribution is -2.47. The van der Waals surface area contributed by atoms with Crippen LogP contribution in [0.3, 0.4) is 0 Å². The first-order valence-corrected chi connectivity index (χ1v) is 10.2. The highest BCUT2D eigenvalue weighted by atomic mass is 31.2. The van der Waals surface area contributed by atoms with Crippen LogP contribution in [-0.4, -0.2) is 67.4 Å². The molecule has 0 aromatic carbocycles. The summed E-state index contributed by atoms with van der Waals surface area (Å²) in [5, 5.41) is 0. The van der Waals surface area contributed by atoms with Gasteiger partial charge in [0, 0.05) is 45.8 Å². The topological polar surface area (TPSA) is 114 Å². The number of carbonyl (C=O) groups is 1. The van der Waals surface area contributed by atoms with Crippen molar-refractivity contribution in [3.05, 3.63) is 0 Å². The Labute approximate surface area is 138 Å². The lowest BCUT2D eigenvalue weighted by molar-refractivity contribution is -0.132. The SMILES string of the molecule is CCOP(C)(=O)N1CCN(C(=O)CCCCCN=C(N)N)CC1. The molecule has 1 saturated heterocycles. The molecular weight excluding hydrogens is 317 g/mol. The van der Waals surface area contributed by atoms with Gasteiger partial charge in [-0.1, -0.05) is 6.42 Å². The zero-order valence-corrected chi connectivity index (χ0v) is 15.1. The maximum absolute atomic E-state index is 12.3. The van der Waals surface area contributed by atoms with Gasteiger partial charge in [0.25, 0.3) is 7.52 Å². The minimum absolute atomic E-state index is 0.110. The van der Waals surface area contributed by atoms with E-state index in [1.807, 2.05) is 16.5 Å². The Morgan fingerprint density at radius 1 is 1.17 bits per heavy atom. The van der Waals surface area contributed by atoms with Crippen LogP contribution in [0.2, 0.25) is 0 Å². The Morgan fingerprint density at radius 2 is 1.83 bits per heavy atom. The summed E-state index contributed by atoms with van der Waals surface area (Å²) in [5.74, 6) is 0.271. The molecule has 0 radical (unpaired) electrons. The number of unbranched alkanes of at least 4 members (excludes halogenated alkanes) is 2. The maximum Gasteiger partial charge on any atom is 0.269 e. The van der Waals surface area contributed by atoms with E-state index in [2.05, 4.69) is 4.99 Å². The number of amides is 1. The minimum atomic E-state index is -2.70. The summed E-state index contributed by atoms with van der Waals surface area (Å²) >= 11 is 0. The van der Waals surface area contributed by atoms with E-state index < -0.39 is 7.52 Å². The molecule has 1 unspecified atom stereocenters. The summed E-state index contributed by atoms with van der Waals surface area (Å²) in [6, 6.07) is 0. The average Bonchev–Trinajstić information content (AvgIpc) is 2.50. The van der Waals surface area contributed by atoms with Crippen molar-refractivity contribution in [3.63, 3.8) is 0 Å². The van der Waals surface area contributed by atoms with Gasteiger partial charge in [-0.2, -0.15) is 0 Å². The molecule has 1 heterocycles. The molecule has 1 aliphatic heterocycles. The molecule has 1 atom stereocenters. The third kappa shape index (κ3) is 7.33. The van der Waals surface area contributed by atoms with Crippen LogP contribution in [0.25, 0.3) is 0 Å². The Hall–Kier alpha value is -1.11. The van der Waals surface area contributed by atoms with Crippen LogP contribution >= 0.6 is 7.52 Å². The van der Waals surface area contributed by atoms with Crippen molar-refractivity contribution < 1.29 is 13.9 Å². The average molecular weight is 347 g/mol. The Kier molecular flexibility index (Phi) is 8.58. The van der Waals surface area contributed by atoms with Gasteiger partial charge in [0.15, 0.2) is 5.96 Å². The highest BCUT2D eigenvalue weighted by Gasteiger charge is 2.30. The number of piperazine rings is 1. The van der Waals surface area contributed by atoms with Crippen LogP contribution in [0.15, 0.2) is 4.99 Å². The number of nitrogens with zero attached hydrogens (tertiary/aromatic N) is 3. The monoisotopic (exact) mass is 347 g/mol. The first-order valence-electron chi connectivity index (χ1n) is 8.17. The molecule has 8 nitrogen and oxygen atoms in total. The predicted molar refractivity (Wildman–Crippen MR) is 92.5 cm³/mol. The first-order chi connectivity index (χ1) is 10.9. The first kappa shape index (κ1) is 19.9. The molecule has 1 amide bonds. The number of hydrogen-bond donors (Lipinski definition) is 2.